The van der Waals surface area contributed by atoms with E-state index in [1.807, 2.05) is 35.2 Å². The van der Waals surface area contributed by atoms with Gasteiger partial charge in [0.2, 0.25) is 0 Å². The van der Waals surface area contributed by atoms with E-state index in [1.54, 1.807) is 24.6 Å². The van der Waals surface area contributed by atoms with Gasteiger partial charge in [0.15, 0.2) is 0 Å². The summed E-state index contributed by atoms with van der Waals surface area (Å²) in [5.41, 5.74) is 1.17. The topological polar surface area (TPSA) is 72.5 Å². The minimum absolute atomic E-state index is 0.0905. The lowest BCUT2D eigenvalue weighted by Gasteiger charge is -2.35. The van der Waals surface area contributed by atoms with E-state index >= 15 is 0 Å². The number of halogens is 1. The Kier molecular flexibility index (Phi) is 5.82. The lowest BCUT2D eigenvalue weighted by molar-refractivity contribution is -0.117. The number of benzene rings is 1. The third-order valence-electron chi connectivity index (χ3n) is 4.17. The Morgan fingerprint density at radius 2 is 2.08 bits per heavy atom. The van der Waals surface area contributed by atoms with Crippen LogP contribution >= 0.6 is 11.6 Å². The Labute approximate surface area is 157 Å². The number of carbonyl (C=O) groups is 1. The van der Waals surface area contributed by atoms with E-state index in [9.17, 15) is 10.1 Å². The average molecular weight is 371 g/mol. The normalized spacial score (nSPS) is 14.8. The van der Waals surface area contributed by atoms with Crippen molar-refractivity contribution in [2.24, 2.45) is 0 Å². The Morgan fingerprint density at radius 3 is 2.73 bits per heavy atom. The Morgan fingerprint density at radius 1 is 1.27 bits per heavy atom. The highest BCUT2D eigenvalue weighted by Crippen LogP contribution is 2.21. The van der Waals surface area contributed by atoms with E-state index in [0.29, 0.717) is 10.8 Å². The van der Waals surface area contributed by atoms with E-state index in [-0.39, 0.29) is 12.1 Å². The molecule has 7 heteroatoms. The van der Waals surface area contributed by atoms with Crippen molar-refractivity contribution in [2.45, 2.75) is 6.54 Å². The van der Waals surface area contributed by atoms with Gasteiger partial charge in [-0.25, -0.2) is 0 Å². The maximum absolute atomic E-state index is 12.2. The lowest BCUT2D eigenvalue weighted by Crippen LogP contribution is -2.44. The maximum Gasteiger partial charge on any atom is 0.263 e. The summed E-state index contributed by atoms with van der Waals surface area (Å²) in [4.78, 5) is 16.4. The zero-order valence-electron chi connectivity index (χ0n) is 14.2. The van der Waals surface area contributed by atoms with Gasteiger partial charge in [0, 0.05) is 43.1 Å². The number of nitrogens with one attached hydrogen (secondary N) is 1. The van der Waals surface area contributed by atoms with E-state index in [0.717, 1.165) is 31.9 Å². The molecule has 0 radical (unpaired) electrons. The number of amides is 1. The molecular formula is C19H19ClN4O2. The van der Waals surface area contributed by atoms with E-state index in [4.69, 9.17) is 16.0 Å². The smallest absolute Gasteiger partial charge is 0.263 e. The molecule has 0 unspecified atom stereocenters. The highest BCUT2D eigenvalue weighted by molar-refractivity contribution is 6.30. The third-order valence-corrected chi connectivity index (χ3v) is 4.40. The molecule has 1 N–H and O–H groups in total. The molecule has 0 aliphatic carbocycles. The van der Waals surface area contributed by atoms with Gasteiger partial charge in [0.1, 0.15) is 17.4 Å². The lowest BCUT2D eigenvalue weighted by atomic mass is 10.2. The summed E-state index contributed by atoms with van der Waals surface area (Å²) in [7, 11) is 0. The highest BCUT2D eigenvalue weighted by atomic mass is 35.5. The van der Waals surface area contributed by atoms with Crippen molar-refractivity contribution in [3.05, 3.63) is 65.2 Å². The molecule has 1 aromatic heterocycles. The van der Waals surface area contributed by atoms with E-state index in [1.165, 1.54) is 0 Å². The molecule has 134 valence electrons. The molecule has 0 spiro atoms. The number of piperazine rings is 1. The van der Waals surface area contributed by atoms with Gasteiger partial charge in [0.05, 0.1) is 12.8 Å². The number of rotatable bonds is 5. The molecule has 1 amide bonds. The molecule has 2 heterocycles. The standard InChI is InChI=1S/C19H19ClN4O2/c20-16-3-1-4-17(11-16)24-8-6-23(7-9-24)14-15(12-21)19(25)22-13-18-5-2-10-26-18/h1-5,10-11,14H,6-9,13H2,(H,22,25)/b15-14+. The SMILES string of the molecule is N#C/C(=C\N1CCN(c2cccc(Cl)c2)CC1)C(=O)NCc1ccco1. The Balaban J connectivity index is 1.55. The minimum atomic E-state index is -0.402. The van der Waals surface area contributed by atoms with Crippen LogP contribution in [0.4, 0.5) is 5.69 Å². The first kappa shape index (κ1) is 17.9. The van der Waals surface area contributed by atoms with Gasteiger partial charge in [-0.3, -0.25) is 4.79 Å². The van der Waals surface area contributed by atoms with Crippen LogP contribution in [-0.4, -0.2) is 37.0 Å². The predicted molar refractivity (Wildman–Crippen MR) is 99.5 cm³/mol. The molecule has 2 aromatic rings. The molecule has 6 nitrogen and oxygen atoms in total. The second kappa shape index (κ2) is 8.45. The summed E-state index contributed by atoms with van der Waals surface area (Å²) in [6.07, 6.45) is 3.18. The van der Waals surface area contributed by atoms with Crippen molar-refractivity contribution < 1.29 is 9.21 Å². The average Bonchev–Trinajstić information content (AvgIpc) is 3.18. The zero-order chi connectivity index (χ0) is 18.4. The van der Waals surface area contributed by atoms with Gasteiger partial charge in [-0.05, 0) is 30.3 Å². The number of carbonyl (C=O) groups excluding carboxylic acids is 1. The maximum atomic E-state index is 12.2. The van der Waals surface area contributed by atoms with E-state index < -0.39 is 5.91 Å². The monoisotopic (exact) mass is 370 g/mol. The number of nitriles is 1. The van der Waals surface area contributed by atoms with Crippen LogP contribution < -0.4 is 10.2 Å². The number of hydrogen-bond donors (Lipinski definition) is 1. The van der Waals surface area contributed by atoms with Crippen LogP contribution in [0.1, 0.15) is 5.76 Å². The van der Waals surface area contributed by atoms with Crippen LogP contribution in [0.5, 0.6) is 0 Å². The Bertz CT molecular complexity index is 818. The van der Waals surface area contributed by atoms with Crippen LogP contribution in [0.25, 0.3) is 0 Å². The molecule has 1 aliphatic heterocycles. The molecule has 1 aromatic carbocycles. The van der Waals surface area contributed by atoms with Crippen molar-refractivity contribution in [3.8, 4) is 6.07 Å². The molecule has 1 aliphatic rings. The van der Waals surface area contributed by atoms with Gasteiger partial charge < -0.3 is 19.5 Å². The number of furan rings is 1. The quantitative estimate of drug-likeness (QED) is 0.647. The van der Waals surface area contributed by atoms with Crippen LogP contribution in [0.15, 0.2) is 58.9 Å². The molecule has 3 rings (SSSR count). The first-order valence-electron chi connectivity index (χ1n) is 8.33. The first-order chi connectivity index (χ1) is 12.7. The number of anilines is 1. The molecule has 1 saturated heterocycles. The summed E-state index contributed by atoms with van der Waals surface area (Å²) < 4.78 is 5.17. The van der Waals surface area contributed by atoms with Crippen molar-refractivity contribution in [1.82, 2.24) is 10.2 Å². The van der Waals surface area contributed by atoms with Crippen molar-refractivity contribution >= 4 is 23.2 Å². The fraction of sp³-hybridized carbons (Fsp3) is 0.263. The summed E-state index contributed by atoms with van der Waals surface area (Å²) in [5, 5.41) is 12.7. The van der Waals surface area contributed by atoms with E-state index in [2.05, 4.69) is 10.2 Å². The van der Waals surface area contributed by atoms with Gasteiger partial charge in [0.25, 0.3) is 5.91 Å². The highest BCUT2D eigenvalue weighted by Gasteiger charge is 2.18. The fourth-order valence-electron chi connectivity index (χ4n) is 2.78. The van der Waals surface area contributed by atoms with Crippen LogP contribution in [0.3, 0.4) is 0 Å². The van der Waals surface area contributed by atoms with Crippen LogP contribution in [0.2, 0.25) is 5.02 Å². The van der Waals surface area contributed by atoms with Crippen molar-refractivity contribution in [1.29, 1.82) is 5.26 Å². The van der Waals surface area contributed by atoms with Gasteiger partial charge >= 0.3 is 0 Å². The largest absolute Gasteiger partial charge is 0.467 e. The second-order valence-corrected chi connectivity index (χ2v) is 6.36. The van der Waals surface area contributed by atoms with Crippen LogP contribution in [-0.2, 0) is 11.3 Å². The predicted octanol–water partition coefficient (Wildman–Crippen LogP) is 2.78. The molecule has 0 atom stereocenters. The molecule has 0 bridgehead atoms. The van der Waals surface area contributed by atoms with Crippen molar-refractivity contribution in [3.63, 3.8) is 0 Å². The van der Waals surface area contributed by atoms with Gasteiger partial charge in [-0.15, -0.1) is 0 Å². The van der Waals surface area contributed by atoms with Gasteiger partial charge in [-0.1, -0.05) is 17.7 Å². The second-order valence-electron chi connectivity index (χ2n) is 5.92. The molecule has 1 fully saturated rings. The summed E-state index contributed by atoms with van der Waals surface area (Å²) in [5.74, 6) is 0.243. The summed E-state index contributed by atoms with van der Waals surface area (Å²) >= 11 is 6.05. The Hall–Kier alpha value is -2.91. The third kappa shape index (κ3) is 4.58. The number of hydrogen-bond acceptors (Lipinski definition) is 5. The first-order valence-corrected chi connectivity index (χ1v) is 8.70. The molecular weight excluding hydrogens is 352 g/mol. The molecule has 0 saturated carbocycles. The zero-order valence-corrected chi connectivity index (χ0v) is 14.9. The summed E-state index contributed by atoms with van der Waals surface area (Å²) in [6, 6.07) is 13.2. The summed E-state index contributed by atoms with van der Waals surface area (Å²) in [6.45, 7) is 3.30. The fourth-order valence-corrected chi connectivity index (χ4v) is 2.96. The van der Waals surface area contributed by atoms with Crippen LogP contribution in [0, 0.1) is 11.3 Å². The van der Waals surface area contributed by atoms with Crippen molar-refractivity contribution in [2.75, 3.05) is 31.1 Å². The molecule has 26 heavy (non-hydrogen) atoms. The number of nitrogens with zero attached hydrogens (tertiary/aromatic N) is 3. The minimum Gasteiger partial charge on any atom is -0.467 e. The van der Waals surface area contributed by atoms with Gasteiger partial charge in [-0.2, -0.15) is 5.26 Å².